The molecule has 0 unspecified atom stereocenters. The molecule has 0 radical (unpaired) electrons. The predicted molar refractivity (Wildman–Crippen MR) is 80.6 cm³/mol. The fourth-order valence-electron chi connectivity index (χ4n) is 1.55. The maximum atomic E-state index is 13.6. The van der Waals surface area contributed by atoms with Crippen LogP contribution in [0.3, 0.4) is 0 Å². The molecule has 0 fully saturated rings. The van der Waals surface area contributed by atoms with E-state index >= 15 is 0 Å². The molecule has 0 bridgehead atoms. The molecule has 0 heterocycles. The van der Waals surface area contributed by atoms with Gasteiger partial charge >= 0.3 is 0 Å². The van der Waals surface area contributed by atoms with Crippen LogP contribution in [0.15, 0.2) is 35.3 Å². The van der Waals surface area contributed by atoms with Crippen molar-refractivity contribution in [2.45, 2.75) is 19.5 Å². The molecule has 1 atom stereocenters. The number of benzene rings is 1. The highest BCUT2D eigenvalue weighted by Gasteiger charge is 2.18. The van der Waals surface area contributed by atoms with E-state index in [9.17, 15) is 9.18 Å². The largest absolute Gasteiger partial charge is 0.333 e. The molecule has 106 valence electrons. The third kappa shape index (κ3) is 5.30. The maximum absolute atomic E-state index is 13.6. The number of amides is 1. The van der Waals surface area contributed by atoms with Gasteiger partial charge in [-0.05, 0) is 25.1 Å². The second-order valence-electron chi connectivity index (χ2n) is 4.03. The van der Waals surface area contributed by atoms with E-state index in [4.69, 9.17) is 5.73 Å². The summed E-state index contributed by atoms with van der Waals surface area (Å²) in [6.45, 7) is 5.71. The van der Waals surface area contributed by atoms with Gasteiger partial charge in [0, 0.05) is 23.1 Å². The van der Waals surface area contributed by atoms with Crippen LogP contribution >= 0.6 is 28.3 Å². The van der Waals surface area contributed by atoms with Crippen LogP contribution in [0.25, 0.3) is 0 Å². The molecule has 1 aromatic carbocycles. The van der Waals surface area contributed by atoms with Crippen molar-refractivity contribution in [3.05, 3.63) is 46.7 Å². The van der Waals surface area contributed by atoms with Crippen molar-refractivity contribution < 1.29 is 9.18 Å². The van der Waals surface area contributed by atoms with E-state index in [1.54, 1.807) is 25.1 Å². The highest BCUT2D eigenvalue weighted by molar-refractivity contribution is 9.10. The van der Waals surface area contributed by atoms with Crippen LogP contribution in [-0.2, 0) is 11.3 Å². The van der Waals surface area contributed by atoms with E-state index in [0.29, 0.717) is 12.1 Å². The van der Waals surface area contributed by atoms with Gasteiger partial charge in [0.2, 0.25) is 5.91 Å². The minimum Gasteiger partial charge on any atom is -0.333 e. The Kier molecular flexibility index (Phi) is 7.90. The van der Waals surface area contributed by atoms with Gasteiger partial charge in [-0.25, -0.2) is 4.39 Å². The summed E-state index contributed by atoms with van der Waals surface area (Å²) in [4.78, 5) is 13.3. The number of nitrogens with two attached hydrogens (primary N) is 1. The average molecular weight is 352 g/mol. The summed E-state index contributed by atoms with van der Waals surface area (Å²) in [6.07, 6.45) is 1.59. The van der Waals surface area contributed by atoms with Crippen molar-refractivity contribution in [2.24, 2.45) is 5.73 Å². The number of halogens is 3. The topological polar surface area (TPSA) is 46.3 Å². The summed E-state index contributed by atoms with van der Waals surface area (Å²) in [5.74, 6) is -0.570. The quantitative estimate of drug-likeness (QED) is 0.829. The van der Waals surface area contributed by atoms with E-state index in [1.165, 1.54) is 11.0 Å². The monoisotopic (exact) mass is 350 g/mol. The highest BCUT2D eigenvalue weighted by Crippen LogP contribution is 2.17. The highest BCUT2D eigenvalue weighted by atomic mass is 79.9. The van der Waals surface area contributed by atoms with Gasteiger partial charge in [-0.15, -0.1) is 19.0 Å². The molecule has 1 aromatic rings. The van der Waals surface area contributed by atoms with Crippen molar-refractivity contribution >= 4 is 34.2 Å². The summed E-state index contributed by atoms with van der Waals surface area (Å²) in [7, 11) is 0. The fourth-order valence-corrected chi connectivity index (χ4v) is 1.95. The van der Waals surface area contributed by atoms with E-state index in [0.717, 1.165) is 4.47 Å². The van der Waals surface area contributed by atoms with E-state index < -0.39 is 6.04 Å². The number of rotatable bonds is 5. The first-order valence-corrected chi connectivity index (χ1v) is 6.34. The van der Waals surface area contributed by atoms with Gasteiger partial charge in [0.05, 0.1) is 6.04 Å². The molecule has 0 aromatic heterocycles. The van der Waals surface area contributed by atoms with Crippen molar-refractivity contribution in [3.63, 3.8) is 0 Å². The first kappa shape index (κ1) is 18.1. The van der Waals surface area contributed by atoms with Crippen LogP contribution in [0, 0.1) is 5.82 Å². The van der Waals surface area contributed by atoms with E-state index in [2.05, 4.69) is 22.5 Å². The van der Waals surface area contributed by atoms with Gasteiger partial charge in [-0.2, -0.15) is 0 Å². The van der Waals surface area contributed by atoms with E-state index in [-0.39, 0.29) is 30.7 Å². The number of carbonyl (C=O) groups is 1. The second-order valence-corrected chi connectivity index (χ2v) is 4.95. The zero-order chi connectivity index (χ0) is 13.7. The number of carbonyl (C=O) groups excluding carboxylic acids is 1. The summed E-state index contributed by atoms with van der Waals surface area (Å²) >= 11 is 3.28. The van der Waals surface area contributed by atoms with E-state index in [1.807, 2.05) is 0 Å². The molecular weight excluding hydrogens is 335 g/mol. The van der Waals surface area contributed by atoms with Gasteiger partial charge in [0.1, 0.15) is 5.82 Å². The SMILES string of the molecule is C=CCN(Cc1cc(Br)ccc1F)C(=O)[C@H](C)N.Cl. The molecule has 2 N–H and O–H groups in total. The summed E-state index contributed by atoms with van der Waals surface area (Å²) in [5, 5.41) is 0. The Balaban J connectivity index is 0.00000324. The molecule has 0 aliphatic carbocycles. The van der Waals surface area contributed by atoms with Gasteiger partial charge in [0.25, 0.3) is 0 Å². The average Bonchev–Trinajstić information content (AvgIpc) is 2.32. The van der Waals surface area contributed by atoms with Gasteiger partial charge in [0.15, 0.2) is 0 Å². The Bertz CT molecular complexity index is 454. The standard InChI is InChI=1S/C13H16BrFN2O.ClH/c1-3-6-17(13(18)9(2)16)8-10-7-11(14)4-5-12(10)15;/h3-5,7,9H,1,6,8,16H2,2H3;1H/t9-;/m0./s1. The summed E-state index contributed by atoms with van der Waals surface area (Å²) < 4.78 is 14.4. The Morgan fingerprint density at radius 2 is 2.26 bits per heavy atom. The number of nitrogens with zero attached hydrogens (tertiary/aromatic N) is 1. The zero-order valence-electron chi connectivity index (χ0n) is 10.6. The fraction of sp³-hybridized carbons (Fsp3) is 0.308. The first-order valence-electron chi connectivity index (χ1n) is 5.55. The normalized spacial score (nSPS) is 11.4. The predicted octanol–water partition coefficient (Wildman–Crippen LogP) is 2.87. The van der Waals surface area contributed by atoms with Crippen LogP contribution in [-0.4, -0.2) is 23.4 Å². The van der Waals surface area contributed by atoms with Gasteiger partial charge in [-0.3, -0.25) is 4.79 Å². The first-order chi connectivity index (χ1) is 8.45. The molecule has 3 nitrogen and oxygen atoms in total. The van der Waals surface area contributed by atoms with Crippen LogP contribution in [0.4, 0.5) is 4.39 Å². The molecule has 0 aliphatic heterocycles. The van der Waals surface area contributed by atoms with Crippen molar-refractivity contribution in [1.29, 1.82) is 0 Å². The Labute approximate surface area is 127 Å². The lowest BCUT2D eigenvalue weighted by atomic mass is 10.2. The second kappa shape index (κ2) is 8.30. The smallest absolute Gasteiger partial charge is 0.239 e. The third-order valence-corrected chi connectivity index (χ3v) is 2.91. The maximum Gasteiger partial charge on any atom is 0.239 e. The molecule has 1 amide bonds. The Hall–Kier alpha value is -0.910. The number of hydrogen-bond acceptors (Lipinski definition) is 2. The lowest BCUT2D eigenvalue weighted by molar-refractivity contribution is -0.132. The lowest BCUT2D eigenvalue weighted by Gasteiger charge is -2.23. The van der Waals surface area contributed by atoms with Gasteiger partial charge < -0.3 is 10.6 Å². The Morgan fingerprint density at radius 1 is 1.63 bits per heavy atom. The number of hydrogen-bond donors (Lipinski definition) is 1. The van der Waals surface area contributed by atoms with Crippen LogP contribution in [0.1, 0.15) is 12.5 Å². The molecule has 0 aliphatic rings. The van der Waals surface area contributed by atoms with Crippen LogP contribution in [0.5, 0.6) is 0 Å². The summed E-state index contributed by atoms with van der Waals surface area (Å²) in [6, 6.07) is 4.02. The van der Waals surface area contributed by atoms with Gasteiger partial charge in [-0.1, -0.05) is 22.0 Å². The van der Waals surface area contributed by atoms with Crippen molar-refractivity contribution in [2.75, 3.05) is 6.54 Å². The Morgan fingerprint density at radius 3 is 2.79 bits per heavy atom. The van der Waals surface area contributed by atoms with Crippen LogP contribution in [0.2, 0.25) is 0 Å². The third-order valence-electron chi connectivity index (χ3n) is 2.42. The molecule has 19 heavy (non-hydrogen) atoms. The molecule has 1 rings (SSSR count). The molecule has 0 spiro atoms. The molecule has 0 saturated carbocycles. The zero-order valence-corrected chi connectivity index (χ0v) is 13.0. The molecular formula is C13H17BrClFN2O. The minimum absolute atomic E-state index is 0. The van der Waals surface area contributed by atoms with Crippen molar-refractivity contribution in [3.8, 4) is 0 Å². The minimum atomic E-state index is -0.611. The molecule has 6 heteroatoms. The molecule has 0 saturated heterocycles. The van der Waals surface area contributed by atoms with Crippen LogP contribution < -0.4 is 5.73 Å². The van der Waals surface area contributed by atoms with Crippen molar-refractivity contribution in [1.82, 2.24) is 4.90 Å². The lowest BCUT2D eigenvalue weighted by Crippen LogP contribution is -2.41. The summed E-state index contributed by atoms with van der Waals surface area (Å²) in [5.41, 5.74) is 6.00.